The van der Waals surface area contributed by atoms with E-state index in [1.165, 1.54) is 0 Å². The molecule has 0 aliphatic carbocycles. The number of ketones is 2. The third-order valence-corrected chi connectivity index (χ3v) is 8.17. The summed E-state index contributed by atoms with van der Waals surface area (Å²) in [6.07, 6.45) is 7.33. The van der Waals surface area contributed by atoms with Gasteiger partial charge in [0.25, 0.3) is 5.91 Å². The highest BCUT2D eigenvalue weighted by Gasteiger charge is 2.22. The van der Waals surface area contributed by atoms with Crippen LogP contribution in [0.25, 0.3) is 11.2 Å². The van der Waals surface area contributed by atoms with Gasteiger partial charge in [0.15, 0.2) is 17.0 Å². The normalized spacial score (nSPS) is 11.8. The molecule has 1 amide bonds. The van der Waals surface area contributed by atoms with Gasteiger partial charge in [0, 0.05) is 57.2 Å². The van der Waals surface area contributed by atoms with E-state index in [0.717, 1.165) is 37.8 Å². The number of nitrogen functional groups attached to an aromatic ring is 2. The quantitative estimate of drug-likeness (QED) is 0.0908. The number of unbranched alkanes of at least 4 members (excludes halogenated alkanes) is 3. The van der Waals surface area contributed by atoms with E-state index >= 15 is 0 Å². The van der Waals surface area contributed by atoms with Gasteiger partial charge in [0.1, 0.15) is 17.6 Å². The average Bonchev–Trinajstić information content (AvgIpc) is 3.09. The van der Waals surface area contributed by atoms with Gasteiger partial charge in [-0.25, -0.2) is 14.8 Å². The minimum Gasteiger partial charge on any atom is -0.480 e. The first kappa shape index (κ1) is 40.7. The SMILES string of the molecule is CC(C)CCOCCC(=O)CCCCCCOCCC(=O)CCC(NC(=O)c1ccc(N(C)Cc2cnc3nc(N)nc(N)c3n2)cc1)C(=O)O. The topological polar surface area (TPSA) is 226 Å². The van der Waals surface area contributed by atoms with Crippen LogP contribution in [0.2, 0.25) is 0 Å². The summed E-state index contributed by atoms with van der Waals surface area (Å²) in [5.74, 6) is -0.923. The van der Waals surface area contributed by atoms with Crippen LogP contribution in [0.1, 0.15) is 94.1 Å². The van der Waals surface area contributed by atoms with Gasteiger partial charge in [0.2, 0.25) is 5.95 Å². The van der Waals surface area contributed by atoms with Gasteiger partial charge < -0.3 is 36.3 Å². The lowest BCUT2D eigenvalue weighted by molar-refractivity contribution is -0.139. The van der Waals surface area contributed by atoms with Crippen LogP contribution in [0.3, 0.4) is 0 Å². The molecular weight excluding hydrogens is 656 g/mol. The van der Waals surface area contributed by atoms with Crippen molar-refractivity contribution in [2.24, 2.45) is 5.92 Å². The third-order valence-electron chi connectivity index (χ3n) is 8.17. The van der Waals surface area contributed by atoms with Crippen LogP contribution < -0.4 is 21.7 Å². The van der Waals surface area contributed by atoms with E-state index in [4.69, 9.17) is 20.9 Å². The number of carbonyl (C=O) groups is 4. The lowest BCUT2D eigenvalue weighted by Crippen LogP contribution is -2.41. The van der Waals surface area contributed by atoms with Crippen molar-refractivity contribution in [3.05, 3.63) is 41.7 Å². The highest BCUT2D eigenvalue weighted by atomic mass is 16.5. The van der Waals surface area contributed by atoms with Gasteiger partial charge in [-0.15, -0.1) is 0 Å². The molecule has 0 radical (unpaired) electrons. The number of hydrogen-bond donors (Lipinski definition) is 4. The van der Waals surface area contributed by atoms with Gasteiger partial charge in [-0.3, -0.25) is 14.4 Å². The molecular formula is C36H52N8O7. The first-order valence-corrected chi connectivity index (χ1v) is 17.5. The maximum absolute atomic E-state index is 12.8. The molecule has 51 heavy (non-hydrogen) atoms. The zero-order valence-electron chi connectivity index (χ0n) is 29.9. The molecule has 2 aromatic heterocycles. The Morgan fingerprint density at radius 2 is 1.49 bits per heavy atom. The van der Waals surface area contributed by atoms with E-state index in [-0.39, 0.29) is 54.8 Å². The number of benzene rings is 1. The Balaban J connectivity index is 1.30. The molecule has 0 spiro atoms. The summed E-state index contributed by atoms with van der Waals surface area (Å²) in [7, 11) is 1.84. The van der Waals surface area contributed by atoms with Crippen LogP contribution >= 0.6 is 0 Å². The Labute approximate surface area is 298 Å². The monoisotopic (exact) mass is 708 g/mol. The number of hydrogen-bond acceptors (Lipinski definition) is 13. The summed E-state index contributed by atoms with van der Waals surface area (Å²) < 4.78 is 11.1. The third kappa shape index (κ3) is 14.9. The molecule has 6 N–H and O–H groups in total. The number of nitrogens with two attached hydrogens (primary N) is 2. The van der Waals surface area contributed by atoms with E-state index in [1.54, 1.807) is 30.5 Å². The molecule has 0 saturated carbocycles. The number of Topliss-reactive ketones (excluding diaryl/α,β-unsaturated/α-hetero) is 2. The number of aromatic nitrogens is 4. The minimum absolute atomic E-state index is 0.00393. The minimum atomic E-state index is -1.22. The molecule has 1 aromatic carbocycles. The second kappa shape index (κ2) is 21.5. The fourth-order valence-electron chi connectivity index (χ4n) is 5.09. The Kier molecular flexibility index (Phi) is 17.1. The van der Waals surface area contributed by atoms with Crippen LogP contribution in [-0.2, 0) is 30.4 Å². The van der Waals surface area contributed by atoms with Crippen molar-refractivity contribution >= 4 is 52.1 Å². The number of carbonyl (C=O) groups excluding carboxylic acids is 3. The molecule has 0 aliphatic heterocycles. The Hall–Kier alpha value is -4.76. The Morgan fingerprint density at radius 3 is 2.18 bits per heavy atom. The van der Waals surface area contributed by atoms with Crippen LogP contribution in [0.5, 0.6) is 0 Å². The van der Waals surface area contributed by atoms with Crippen LogP contribution in [-0.4, -0.2) is 88.0 Å². The molecule has 0 fully saturated rings. The summed E-state index contributed by atoms with van der Waals surface area (Å²) in [5, 5.41) is 12.2. The largest absolute Gasteiger partial charge is 0.480 e. The van der Waals surface area contributed by atoms with E-state index in [2.05, 4.69) is 39.1 Å². The molecule has 0 aliphatic rings. The van der Waals surface area contributed by atoms with Crippen molar-refractivity contribution in [2.45, 2.75) is 90.6 Å². The highest BCUT2D eigenvalue weighted by molar-refractivity contribution is 5.97. The molecule has 3 aromatic rings. The molecule has 1 atom stereocenters. The number of nitrogens with one attached hydrogen (secondary N) is 1. The number of ether oxygens (including phenoxy) is 2. The zero-order chi connectivity index (χ0) is 37.2. The molecule has 15 nitrogen and oxygen atoms in total. The van der Waals surface area contributed by atoms with Crippen LogP contribution in [0, 0.1) is 5.92 Å². The van der Waals surface area contributed by atoms with E-state index in [9.17, 15) is 24.3 Å². The first-order valence-electron chi connectivity index (χ1n) is 17.5. The number of fused-ring (bicyclic) bond motifs is 1. The van der Waals surface area contributed by atoms with E-state index in [1.807, 2.05) is 11.9 Å². The maximum Gasteiger partial charge on any atom is 0.326 e. The van der Waals surface area contributed by atoms with Crippen molar-refractivity contribution in [1.29, 1.82) is 0 Å². The average molecular weight is 709 g/mol. The summed E-state index contributed by atoms with van der Waals surface area (Å²) in [6, 6.07) is 5.43. The van der Waals surface area contributed by atoms with Gasteiger partial charge in [0.05, 0.1) is 31.6 Å². The number of rotatable bonds is 25. The summed E-state index contributed by atoms with van der Waals surface area (Å²) in [6.45, 7) is 6.63. The molecule has 2 heterocycles. The molecule has 1 unspecified atom stereocenters. The van der Waals surface area contributed by atoms with Crippen molar-refractivity contribution in [3.63, 3.8) is 0 Å². The molecule has 278 valence electrons. The van der Waals surface area contributed by atoms with E-state index in [0.29, 0.717) is 62.0 Å². The van der Waals surface area contributed by atoms with Crippen LogP contribution in [0.4, 0.5) is 17.5 Å². The summed E-state index contributed by atoms with van der Waals surface area (Å²) in [4.78, 5) is 67.6. The number of carboxylic acid groups (broad SMARTS) is 1. The number of carboxylic acids is 1. The van der Waals surface area contributed by atoms with Gasteiger partial charge in [-0.2, -0.15) is 9.97 Å². The lowest BCUT2D eigenvalue weighted by Gasteiger charge is -2.19. The van der Waals surface area contributed by atoms with Crippen LogP contribution in [0.15, 0.2) is 30.5 Å². The van der Waals surface area contributed by atoms with Crippen molar-refractivity contribution in [2.75, 3.05) is 49.8 Å². The maximum atomic E-state index is 12.8. The second-order valence-electron chi connectivity index (χ2n) is 13.0. The fraction of sp³-hybridized carbons (Fsp3) is 0.556. The summed E-state index contributed by atoms with van der Waals surface area (Å²) in [5.41, 5.74) is 13.9. The van der Waals surface area contributed by atoms with E-state index < -0.39 is 17.9 Å². The predicted octanol–water partition coefficient (Wildman–Crippen LogP) is 4.13. The van der Waals surface area contributed by atoms with Gasteiger partial charge in [-0.05, 0) is 55.9 Å². The fourth-order valence-corrected chi connectivity index (χ4v) is 5.09. The highest BCUT2D eigenvalue weighted by Crippen LogP contribution is 2.19. The van der Waals surface area contributed by atoms with Gasteiger partial charge >= 0.3 is 5.97 Å². The Bertz CT molecular complexity index is 1590. The van der Waals surface area contributed by atoms with Crippen molar-refractivity contribution < 1.29 is 33.8 Å². The molecule has 0 saturated heterocycles. The molecule has 3 rings (SSSR count). The predicted molar refractivity (Wildman–Crippen MR) is 194 cm³/mol. The van der Waals surface area contributed by atoms with Crippen molar-refractivity contribution in [3.8, 4) is 0 Å². The second-order valence-corrected chi connectivity index (χ2v) is 13.0. The molecule has 15 heteroatoms. The first-order chi connectivity index (χ1) is 24.4. The van der Waals surface area contributed by atoms with Crippen molar-refractivity contribution in [1.82, 2.24) is 25.3 Å². The van der Waals surface area contributed by atoms with Gasteiger partial charge in [-0.1, -0.05) is 26.7 Å². The number of aliphatic carboxylic acids is 1. The smallest absolute Gasteiger partial charge is 0.326 e. The molecule has 0 bridgehead atoms. The standard InChI is InChI=1S/C36H52N8O7/c1-24(2)15-19-51-21-16-28(45)8-6-4-5-7-18-50-20-17-29(46)13-14-30(35(48)49)41-34(47)25-9-11-27(12-10-25)44(3)23-26-22-39-33-31(40-26)32(37)42-36(38)43-33/h9-12,22,24,30H,4-8,13-21,23H2,1-3H3,(H,41,47)(H,48,49)(H4,37,38,39,42,43). The lowest BCUT2D eigenvalue weighted by atomic mass is 10.1. The number of amides is 1. The Morgan fingerprint density at radius 1 is 0.824 bits per heavy atom. The zero-order valence-corrected chi connectivity index (χ0v) is 29.9. The number of anilines is 3. The summed E-state index contributed by atoms with van der Waals surface area (Å²) >= 11 is 0. The number of nitrogens with zero attached hydrogens (tertiary/aromatic N) is 5.